The Balaban J connectivity index is 2.29. The first-order valence-corrected chi connectivity index (χ1v) is 9.62. The first-order chi connectivity index (χ1) is 10.3. The zero-order valence-electron chi connectivity index (χ0n) is 12.2. The van der Waals surface area contributed by atoms with Crippen LogP contribution in [0.4, 0.5) is 11.4 Å². The molecule has 1 aliphatic rings. The normalized spacial score (nSPS) is 21.7. The maximum absolute atomic E-state index is 11.3. The smallest absolute Gasteiger partial charge is 0.293 e. The molecule has 1 fully saturated rings. The molecule has 0 radical (unpaired) electrons. The average Bonchev–Trinajstić information content (AvgIpc) is 2.85. The predicted molar refractivity (Wildman–Crippen MR) is 87.7 cm³/mol. The van der Waals surface area contributed by atoms with Crippen LogP contribution in [0.2, 0.25) is 0 Å². The van der Waals surface area contributed by atoms with E-state index >= 15 is 0 Å². The highest BCUT2D eigenvalue weighted by Crippen LogP contribution is 2.35. The molecule has 0 saturated heterocycles. The quantitative estimate of drug-likeness (QED) is 0.604. The fraction of sp³-hybridized carbons (Fsp3) is 0.538. The fourth-order valence-electron chi connectivity index (χ4n) is 2.67. The number of nitro benzene ring substituents is 1. The van der Waals surface area contributed by atoms with Crippen LogP contribution in [0.15, 0.2) is 23.1 Å². The molecule has 122 valence electrons. The number of nitro groups is 1. The van der Waals surface area contributed by atoms with Gasteiger partial charge in [0.1, 0.15) is 5.69 Å². The van der Waals surface area contributed by atoms with Crippen LogP contribution in [0.25, 0.3) is 0 Å². The van der Waals surface area contributed by atoms with Crippen molar-refractivity contribution in [2.24, 2.45) is 5.14 Å². The Morgan fingerprint density at radius 2 is 2.18 bits per heavy atom. The van der Waals surface area contributed by atoms with E-state index in [4.69, 9.17) is 5.14 Å². The highest BCUT2D eigenvalue weighted by molar-refractivity contribution is 7.99. The number of anilines is 1. The van der Waals surface area contributed by atoms with Crippen LogP contribution in [0, 0.1) is 10.1 Å². The first-order valence-electron chi connectivity index (χ1n) is 7.02. The number of thioether (sulfide) groups is 1. The van der Waals surface area contributed by atoms with Gasteiger partial charge in [-0.15, -0.1) is 0 Å². The van der Waals surface area contributed by atoms with Crippen LogP contribution in [0.1, 0.15) is 26.2 Å². The van der Waals surface area contributed by atoms with E-state index < -0.39 is 14.9 Å². The van der Waals surface area contributed by atoms with Gasteiger partial charge in [0, 0.05) is 17.4 Å². The third kappa shape index (κ3) is 3.90. The summed E-state index contributed by atoms with van der Waals surface area (Å²) in [6.07, 6.45) is 3.11. The lowest BCUT2D eigenvalue weighted by Gasteiger charge is -2.21. The second-order valence-corrected chi connectivity index (χ2v) is 8.23. The van der Waals surface area contributed by atoms with Gasteiger partial charge < -0.3 is 5.32 Å². The lowest BCUT2D eigenvalue weighted by molar-refractivity contribution is -0.384. The number of hydrogen-bond acceptors (Lipinski definition) is 6. The molecule has 1 aromatic rings. The van der Waals surface area contributed by atoms with E-state index in [2.05, 4.69) is 12.2 Å². The Morgan fingerprint density at radius 3 is 2.77 bits per heavy atom. The number of nitrogens with two attached hydrogens (primary N) is 1. The lowest BCUT2D eigenvalue weighted by atomic mass is 10.2. The van der Waals surface area contributed by atoms with E-state index in [1.807, 2.05) is 11.8 Å². The van der Waals surface area contributed by atoms with Crippen molar-refractivity contribution in [1.29, 1.82) is 0 Å². The molecule has 9 heteroatoms. The maximum Gasteiger partial charge on any atom is 0.293 e. The van der Waals surface area contributed by atoms with Crippen molar-refractivity contribution in [2.75, 3.05) is 11.1 Å². The molecule has 0 aliphatic heterocycles. The van der Waals surface area contributed by atoms with Gasteiger partial charge in [0.05, 0.1) is 9.82 Å². The van der Waals surface area contributed by atoms with Crippen LogP contribution in [-0.2, 0) is 10.0 Å². The molecule has 1 aromatic carbocycles. The van der Waals surface area contributed by atoms with Crippen LogP contribution in [0.3, 0.4) is 0 Å². The molecule has 0 amide bonds. The second kappa shape index (κ2) is 6.84. The number of primary sulfonamides is 1. The molecule has 7 nitrogen and oxygen atoms in total. The van der Waals surface area contributed by atoms with Gasteiger partial charge >= 0.3 is 0 Å². The fourth-order valence-corrected chi connectivity index (χ4v) is 4.40. The van der Waals surface area contributed by atoms with Crippen molar-refractivity contribution >= 4 is 33.2 Å². The zero-order chi connectivity index (χ0) is 16.3. The van der Waals surface area contributed by atoms with E-state index in [0.29, 0.717) is 10.9 Å². The Morgan fingerprint density at radius 1 is 1.45 bits per heavy atom. The van der Waals surface area contributed by atoms with Crippen molar-refractivity contribution in [3.8, 4) is 0 Å². The molecule has 1 aliphatic carbocycles. The summed E-state index contributed by atoms with van der Waals surface area (Å²) < 4.78 is 22.7. The maximum atomic E-state index is 11.3. The van der Waals surface area contributed by atoms with E-state index in [1.54, 1.807) is 0 Å². The highest BCUT2D eigenvalue weighted by Gasteiger charge is 2.29. The lowest BCUT2D eigenvalue weighted by Crippen LogP contribution is -2.26. The number of benzene rings is 1. The molecular weight excluding hydrogens is 326 g/mol. The summed E-state index contributed by atoms with van der Waals surface area (Å²) in [5.41, 5.74) is 0.0738. The van der Waals surface area contributed by atoms with Gasteiger partial charge in [-0.2, -0.15) is 11.8 Å². The molecule has 0 spiro atoms. The molecular formula is C13H19N3O4S2. The van der Waals surface area contributed by atoms with Crippen LogP contribution in [-0.4, -0.2) is 30.4 Å². The molecule has 22 heavy (non-hydrogen) atoms. The standard InChI is InChI=1S/C13H19N3O4S2/c1-2-21-13-5-3-4-11(13)15-10-7-6-9(22(14,19)20)8-12(10)16(17)18/h6-8,11,13,15H,2-5H2,1H3,(H2,14,19,20). The van der Waals surface area contributed by atoms with Crippen LogP contribution < -0.4 is 10.5 Å². The zero-order valence-corrected chi connectivity index (χ0v) is 13.8. The number of rotatable bonds is 6. The molecule has 0 bridgehead atoms. The molecule has 3 N–H and O–H groups in total. The van der Waals surface area contributed by atoms with Crippen molar-refractivity contribution in [3.63, 3.8) is 0 Å². The van der Waals surface area contributed by atoms with Crippen molar-refractivity contribution < 1.29 is 13.3 Å². The van der Waals surface area contributed by atoms with Crippen LogP contribution >= 0.6 is 11.8 Å². The van der Waals surface area contributed by atoms with Crippen LogP contribution in [0.5, 0.6) is 0 Å². The summed E-state index contributed by atoms with van der Waals surface area (Å²) in [7, 11) is -3.96. The Kier molecular flexibility index (Phi) is 5.30. The summed E-state index contributed by atoms with van der Waals surface area (Å²) in [4.78, 5) is 10.4. The first kappa shape index (κ1) is 17.0. The van der Waals surface area contributed by atoms with Crippen molar-refractivity contribution in [1.82, 2.24) is 0 Å². The minimum absolute atomic E-state index is 0.156. The third-order valence-electron chi connectivity index (χ3n) is 3.67. The van der Waals surface area contributed by atoms with Gasteiger partial charge in [-0.1, -0.05) is 13.3 Å². The molecule has 0 aromatic heterocycles. The summed E-state index contributed by atoms with van der Waals surface area (Å²) >= 11 is 1.84. The SMILES string of the molecule is CCSC1CCCC1Nc1ccc(S(N)(=O)=O)cc1[N+](=O)[O-]. The molecule has 1 saturated carbocycles. The molecule has 2 rings (SSSR count). The summed E-state index contributed by atoms with van der Waals surface area (Å²) in [6, 6.07) is 3.88. The van der Waals surface area contributed by atoms with E-state index in [0.717, 1.165) is 31.1 Å². The number of sulfonamides is 1. The number of nitrogens with zero attached hydrogens (tertiary/aromatic N) is 1. The summed E-state index contributed by atoms with van der Waals surface area (Å²) in [6.45, 7) is 2.09. The minimum Gasteiger partial charge on any atom is -0.376 e. The third-order valence-corrected chi connectivity index (χ3v) is 5.91. The summed E-state index contributed by atoms with van der Waals surface area (Å²) in [5.74, 6) is 0.995. The van der Waals surface area contributed by atoms with Gasteiger partial charge in [-0.3, -0.25) is 10.1 Å². The Bertz CT molecular complexity index is 663. The Hall–Kier alpha value is -1.32. The Labute approximate surface area is 133 Å². The second-order valence-electron chi connectivity index (χ2n) is 5.16. The molecule has 2 atom stereocenters. The van der Waals surface area contributed by atoms with Crippen molar-refractivity contribution in [2.45, 2.75) is 42.4 Å². The largest absolute Gasteiger partial charge is 0.376 e. The van der Waals surface area contributed by atoms with E-state index in [1.165, 1.54) is 12.1 Å². The van der Waals surface area contributed by atoms with E-state index in [-0.39, 0.29) is 16.6 Å². The minimum atomic E-state index is -3.96. The van der Waals surface area contributed by atoms with Gasteiger partial charge in [0.2, 0.25) is 10.0 Å². The van der Waals surface area contributed by atoms with E-state index in [9.17, 15) is 18.5 Å². The van der Waals surface area contributed by atoms with Gasteiger partial charge in [-0.05, 0) is 30.7 Å². The molecule has 0 heterocycles. The van der Waals surface area contributed by atoms with Gasteiger partial charge in [-0.25, -0.2) is 13.6 Å². The predicted octanol–water partition coefficient (Wildman–Crippen LogP) is 2.33. The monoisotopic (exact) mass is 345 g/mol. The molecule has 2 unspecified atom stereocenters. The highest BCUT2D eigenvalue weighted by atomic mass is 32.2. The van der Waals surface area contributed by atoms with Gasteiger partial charge in [0.15, 0.2) is 0 Å². The number of hydrogen-bond donors (Lipinski definition) is 2. The van der Waals surface area contributed by atoms with Gasteiger partial charge in [0.25, 0.3) is 5.69 Å². The topological polar surface area (TPSA) is 115 Å². The summed E-state index contributed by atoms with van der Waals surface area (Å²) in [5, 5.41) is 19.9. The van der Waals surface area contributed by atoms with Crippen molar-refractivity contribution in [3.05, 3.63) is 28.3 Å². The number of nitrogens with one attached hydrogen (secondary N) is 1. The average molecular weight is 345 g/mol.